The summed E-state index contributed by atoms with van der Waals surface area (Å²) in [5.74, 6) is 1.44. The Hall–Kier alpha value is -6.15. The lowest BCUT2D eigenvalue weighted by molar-refractivity contribution is -0.137. The van der Waals surface area contributed by atoms with E-state index in [1.807, 2.05) is 126 Å². The highest BCUT2D eigenvalue weighted by Gasteiger charge is 2.31. The quantitative estimate of drug-likeness (QED) is 0.192. The summed E-state index contributed by atoms with van der Waals surface area (Å²) in [5.41, 5.74) is 5.31. The van der Waals surface area contributed by atoms with Gasteiger partial charge in [0, 0.05) is 39.2 Å². The summed E-state index contributed by atoms with van der Waals surface area (Å²) < 4.78 is 43.7. The van der Waals surface area contributed by atoms with Crippen molar-refractivity contribution in [2.45, 2.75) is 6.18 Å². The first-order chi connectivity index (χ1) is 22.9. The van der Waals surface area contributed by atoms with E-state index in [2.05, 4.69) is 4.98 Å². The van der Waals surface area contributed by atoms with E-state index in [0.717, 1.165) is 34.0 Å². The molecule has 0 unspecified atom stereocenters. The van der Waals surface area contributed by atoms with Gasteiger partial charge in [-0.05, 0) is 48.5 Å². The van der Waals surface area contributed by atoms with Gasteiger partial charge in [0.15, 0.2) is 17.5 Å². The first-order valence-corrected chi connectivity index (χ1v) is 15.0. The van der Waals surface area contributed by atoms with Crippen LogP contribution in [0.2, 0.25) is 0 Å². The Balaban J connectivity index is 1.45. The van der Waals surface area contributed by atoms with Crippen molar-refractivity contribution in [3.05, 3.63) is 151 Å². The Morgan fingerprint density at radius 1 is 0.489 bits per heavy atom. The molecule has 0 bridgehead atoms. The molecule has 0 aliphatic rings. The van der Waals surface area contributed by atoms with Gasteiger partial charge in [0.2, 0.25) is 0 Å². The van der Waals surface area contributed by atoms with E-state index in [1.165, 1.54) is 12.1 Å². The number of hydrogen-bond donors (Lipinski definition) is 0. The van der Waals surface area contributed by atoms with Crippen LogP contribution in [0.25, 0.3) is 72.9 Å². The molecule has 226 valence electrons. The predicted molar refractivity (Wildman–Crippen MR) is 179 cm³/mol. The normalized spacial score (nSPS) is 11.7. The molecule has 8 aromatic rings. The van der Waals surface area contributed by atoms with Crippen molar-refractivity contribution in [2.24, 2.45) is 0 Å². The van der Waals surface area contributed by atoms with E-state index < -0.39 is 11.7 Å². The van der Waals surface area contributed by atoms with Gasteiger partial charge in [-0.2, -0.15) is 13.2 Å². The number of alkyl halides is 3. The molecule has 5 aromatic carbocycles. The molecule has 0 fully saturated rings. The second-order valence-electron chi connectivity index (χ2n) is 11.1. The average molecular weight is 620 g/mol. The number of nitrogens with zero attached hydrogens (tertiary/aromatic N) is 5. The van der Waals surface area contributed by atoms with Gasteiger partial charge >= 0.3 is 6.18 Å². The predicted octanol–water partition coefficient (Wildman–Crippen LogP) is 10.1. The minimum atomic E-state index is -4.48. The Kier molecular flexibility index (Phi) is 6.83. The van der Waals surface area contributed by atoms with E-state index in [-0.39, 0.29) is 0 Å². The number of para-hydroxylation sites is 1. The van der Waals surface area contributed by atoms with Crippen molar-refractivity contribution in [1.29, 1.82) is 0 Å². The first-order valence-electron chi connectivity index (χ1n) is 15.0. The van der Waals surface area contributed by atoms with Gasteiger partial charge in [0.25, 0.3) is 0 Å². The summed E-state index contributed by atoms with van der Waals surface area (Å²) in [5, 5.41) is 1.20. The molecule has 0 aliphatic heterocycles. The molecule has 5 nitrogen and oxygen atoms in total. The van der Waals surface area contributed by atoms with Crippen LogP contribution in [0, 0.1) is 0 Å². The number of hydrogen-bond acceptors (Lipinski definition) is 4. The van der Waals surface area contributed by atoms with Gasteiger partial charge in [0.1, 0.15) is 0 Å². The van der Waals surface area contributed by atoms with Crippen LogP contribution in [0.5, 0.6) is 0 Å². The maximum Gasteiger partial charge on any atom is 0.416 e. The summed E-state index contributed by atoms with van der Waals surface area (Å²) in [6.45, 7) is 0. The molecular weight excluding hydrogens is 595 g/mol. The Labute approximate surface area is 267 Å². The monoisotopic (exact) mass is 619 g/mol. The third-order valence-electron chi connectivity index (χ3n) is 8.14. The van der Waals surface area contributed by atoms with E-state index in [0.29, 0.717) is 45.0 Å². The second kappa shape index (κ2) is 11.3. The van der Waals surface area contributed by atoms with Crippen molar-refractivity contribution >= 4 is 21.8 Å². The van der Waals surface area contributed by atoms with Gasteiger partial charge in [-0.15, -0.1) is 0 Å². The van der Waals surface area contributed by atoms with Crippen LogP contribution in [0.15, 0.2) is 146 Å². The van der Waals surface area contributed by atoms with Gasteiger partial charge in [-0.3, -0.25) is 4.98 Å². The summed E-state index contributed by atoms with van der Waals surface area (Å²) in [6, 6.07) is 42.4. The molecule has 0 N–H and O–H groups in total. The fraction of sp³-hybridized carbons (Fsp3) is 0.0256. The molecule has 0 spiro atoms. The number of pyridine rings is 1. The smallest absolute Gasteiger partial charge is 0.308 e. The van der Waals surface area contributed by atoms with E-state index in [1.54, 1.807) is 6.20 Å². The maximum atomic E-state index is 13.9. The number of aromatic nitrogens is 5. The van der Waals surface area contributed by atoms with E-state index >= 15 is 0 Å². The van der Waals surface area contributed by atoms with E-state index in [4.69, 9.17) is 15.0 Å². The Morgan fingerprint density at radius 2 is 1.11 bits per heavy atom. The molecule has 0 aliphatic carbocycles. The van der Waals surface area contributed by atoms with Crippen LogP contribution in [0.1, 0.15) is 5.56 Å². The van der Waals surface area contributed by atoms with Crippen LogP contribution in [-0.4, -0.2) is 24.5 Å². The molecule has 3 heterocycles. The first kappa shape index (κ1) is 28.3. The zero-order chi connectivity index (χ0) is 32.0. The third kappa shape index (κ3) is 5.19. The van der Waals surface area contributed by atoms with Crippen molar-refractivity contribution in [3.8, 4) is 51.1 Å². The molecule has 47 heavy (non-hydrogen) atoms. The molecule has 8 heteroatoms. The molecule has 0 saturated heterocycles. The maximum absolute atomic E-state index is 13.9. The lowest BCUT2D eigenvalue weighted by Crippen LogP contribution is -2.05. The van der Waals surface area contributed by atoms with Gasteiger partial charge in [-0.25, -0.2) is 15.0 Å². The molecule has 0 atom stereocenters. The number of benzene rings is 5. The Morgan fingerprint density at radius 3 is 1.77 bits per heavy atom. The van der Waals surface area contributed by atoms with Gasteiger partial charge in [0.05, 0.1) is 28.0 Å². The summed E-state index contributed by atoms with van der Waals surface area (Å²) in [7, 11) is 0. The second-order valence-corrected chi connectivity index (χ2v) is 11.1. The van der Waals surface area contributed by atoms with Crippen molar-refractivity contribution in [1.82, 2.24) is 24.5 Å². The van der Waals surface area contributed by atoms with Gasteiger partial charge in [-0.1, -0.05) is 91.0 Å². The molecule has 0 amide bonds. The number of fused-ring (bicyclic) bond motifs is 3. The lowest BCUT2D eigenvalue weighted by atomic mass is 10.0. The number of rotatable bonds is 5. The zero-order valence-corrected chi connectivity index (χ0v) is 24.7. The highest BCUT2D eigenvalue weighted by Crippen LogP contribution is 2.40. The minimum Gasteiger partial charge on any atom is -0.308 e. The molecule has 0 radical (unpaired) electrons. The third-order valence-corrected chi connectivity index (χ3v) is 8.14. The number of halogens is 3. The standard InChI is InChI=1S/C39H24F3N5/c40-39(41,42)28-19-21-34-31(24-28)29-15-7-8-17-33(29)47(34)35-23-27(32-16-9-10-22-43-32)18-20-30(35)38-45-36(25-11-3-1-4-12-25)44-37(46-38)26-13-5-2-6-14-26/h1-24H. The molecular formula is C39H24F3N5. The van der Waals surface area contributed by atoms with Crippen LogP contribution in [0.4, 0.5) is 13.2 Å². The van der Waals surface area contributed by atoms with Crippen LogP contribution in [-0.2, 0) is 6.18 Å². The zero-order valence-electron chi connectivity index (χ0n) is 24.7. The topological polar surface area (TPSA) is 56.5 Å². The fourth-order valence-corrected chi connectivity index (χ4v) is 5.94. The highest BCUT2D eigenvalue weighted by atomic mass is 19.4. The summed E-state index contributed by atoms with van der Waals surface area (Å²) in [4.78, 5) is 19.4. The molecule has 8 rings (SSSR count). The SMILES string of the molecule is FC(F)(F)c1ccc2c(c1)c1ccccc1n2-c1cc(-c2ccccn2)ccc1-c1nc(-c2ccccc2)nc(-c2ccccc2)n1. The molecule has 0 saturated carbocycles. The van der Waals surface area contributed by atoms with E-state index in [9.17, 15) is 13.2 Å². The van der Waals surface area contributed by atoms with Crippen molar-refractivity contribution in [3.63, 3.8) is 0 Å². The van der Waals surface area contributed by atoms with Crippen molar-refractivity contribution in [2.75, 3.05) is 0 Å². The summed E-state index contributed by atoms with van der Waals surface area (Å²) in [6.07, 6.45) is -2.75. The fourth-order valence-electron chi connectivity index (χ4n) is 5.94. The minimum absolute atomic E-state index is 0.429. The highest BCUT2D eigenvalue weighted by molar-refractivity contribution is 6.10. The summed E-state index contributed by atoms with van der Waals surface area (Å²) >= 11 is 0. The Bertz CT molecular complexity index is 2330. The van der Waals surface area contributed by atoms with Crippen LogP contribution < -0.4 is 0 Å². The average Bonchev–Trinajstić information content (AvgIpc) is 3.45. The van der Waals surface area contributed by atoms with Crippen molar-refractivity contribution < 1.29 is 13.2 Å². The molecule has 3 aromatic heterocycles. The van der Waals surface area contributed by atoms with Crippen LogP contribution in [0.3, 0.4) is 0 Å². The lowest BCUT2D eigenvalue weighted by Gasteiger charge is -2.16. The van der Waals surface area contributed by atoms with Crippen LogP contribution >= 0.6 is 0 Å². The largest absolute Gasteiger partial charge is 0.416 e. The van der Waals surface area contributed by atoms with Gasteiger partial charge < -0.3 is 4.57 Å².